The molecule has 2 atom stereocenters. The molecule has 0 radical (unpaired) electrons. The molecule has 1 aliphatic carbocycles. The minimum atomic E-state index is 0.817. The van der Waals surface area contributed by atoms with Gasteiger partial charge in [-0.25, -0.2) is 0 Å². The Labute approximate surface area is 127 Å². The van der Waals surface area contributed by atoms with Gasteiger partial charge in [0.05, 0.1) is 0 Å². The number of rotatable bonds is 10. The molecule has 0 amide bonds. The first-order valence-electron chi connectivity index (χ1n) is 9.26. The second-order valence-electron chi connectivity index (χ2n) is 6.38. The zero-order chi connectivity index (χ0) is 14.8. The highest BCUT2D eigenvalue weighted by atomic mass is 15.2. The SMILES string of the molecule is CCCCN(CC)C1CCCCC1N(CC)CCCC. The Balaban J connectivity index is 2.67. The maximum absolute atomic E-state index is 2.78. The van der Waals surface area contributed by atoms with E-state index in [1.54, 1.807) is 0 Å². The van der Waals surface area contributed by atoms with Crippen LogP contribution >= 0.6 is 0 Å². The molecule has 0 heterocycles. The van der Waals surface area contributed by atoms with Crippen molar-refractivity contribution in [2.45, 2.75) is 91.1 Å². The molecule has 1 saturated carbocycles. The first kappa shape index (κ1) is 18.0. The van der Waals surface area contributed by atoms with E-state index in [9.17, 15) is 0 Å². The normalized spacial score (nSPS) is 23.7. The molecule has 0 bridgehead atoms. The van der Waals surface area contributed by atoms with E-state index >= 15 is 0 Å². The summed E-state index contributed by atoms with van der Waals surface area (Å²) in [6, 6.07) is 1.63. The van der Waals surface area contributed by atoms with E-state index in [4.69, 9.17) is 0 Å². The van der Waals surface area contributed by atoms with Crippen LogP contribution in [0.2, 0.25) is 0 Å². The van der Waals surface area contributed by atoms with Crippen LogP contribution in [0.3, 0.4) is 0 Å². The lowest BCUT2D eigenvalue weighted by molar-refractivity contribution is 0.0514. The number of nitrogens with zero attached hydrogens (tertiary/aromatic N) is 2. The molecule has 0 aromatic carbocycles. The fraction of sp³-hybridized carbons (Fsp3) is 1.00. The molecule has 20 heavy (non-hydrogen) atoms. The third-order valence-electron chi connectivity index (χ3n) is 5.04. The Morgan fingerprint density at radius 3 is 1.40 bits per heavy atom. The maximum Gasteiger partial charge on any atom is 0.0251 e. The highest BCUT2D eigenvalue weighted by molar-refractivity contribution is 4.89. The summed E-state index contributed by atoms with van der Waals surface area (Å²) in [7, 11) is 0. The maximum atomic E-state index is 2.78. The third-order valence-corrected chi connectivity index (χ3v) is 5.04. The Morgan fingerprint density at radius 2 is 1.10 bits per heavy atom. The molecule has 0 spiro atoms. The fourth-order valence-electron chi connectivity index (χ4n) is 3.78. The van der Waals surface area contributed by atoms with Crippen LogP contribution in [-0.4, -0.2) is 48.1 Å². The summed E-state index contributed by atoms with van der Waals surface area (Å²) in [4.78, 5) is 5.56. The minimum Gasteiger partial charge on any atom is -0.299 e. The van der Waals surface area contributed by atoms with Crippen LogP contribution in [0, 0.1) is 0 Å². The number of unbranched alkanes of at least 4 members (excludes halogenated alkanes) is 2. The number of hydrogen-bond donors (Lipinski definition) is 0. The minimum absolute atomic E-state index is 0.817. The molecule has 0 aromatic heterocycles. The van der Waals surface area contributed by atoms with Crippen molar-refractivity contribution >= 4 is 0 Å². The van der Waals surface area contributed by atoms with Gasteiger partial charge in [0.2, 0.25) is 0 Å². The molecule has 0 N–H and O–H groups in total. The van der Waals surface area contributed by atoms with Crippen LogP contribution in [0.1, 0.15) is 79.1 Å². The van der Waals surface area contributed by atoms with Crippen molar-refractivity contribution in [3.8, 4) is 0 Å². The van der Waals surface area contributed by atoms with Crippen LogP contribution in [0.15, 0.2) is 0 Å². The van der Waals surface area contributed by atoms with Gasteiger partial charge in [0.25, 0.3) is 0 Å². The smallest absolute Gasteiger partial charge is 0.0251 e. The van der Waals surface area contributed by atoms with Crippen LogP contribution in [0.25, 0.3) is 0 Å². The Kier molecular flexibility index (Phi) is 9.54. The average Bonchev–Trinajstić information content (AvgIpc) is 2.50. The highest BCUT2D eigenvalue weighted by Crippen LogP contribution is 2.27. The van der Waals surface area contributed by atoms with Crippen LogP contribution in [0.4, 0.5) is 0 Å². The van der Waals surface area contributed by atoms with E-state index in [2.05, 4.69) is 37.5 Å². The van der Waals surface area contributed by atoms with Gasteiger partial charge >= 0.3 is 0 Å². The van der Waals surface area contributed by atoms with Gasteiger partial charge in [0.15, 0.2) is 0 Å². The summed E-state index contributed by atoms with van der Waals surface area (Å²) < 4.78 is 0. The van der Waals surface area contributed by atoms with Gasteiger partial charge in [0, 0.05) is 12.1 Å². The van der Waals surface area contributed by atoms with E-state index in [0.29, 0.717) is 0 Å². The first-order valence-corrected chi connectivity index (χ1v) is 9.26. The van der Waals surface area contributed by atoms with Crippen molar-refractivity contribution in [1.29, 1.82) is 0 Å². The Bertz CT molecular complexity index is 205. The quantitative estimate of drug-likeness (QED) is 0.580. The van der Waals surface area contributed by atoms with Crippen molar-refractivity contribution < 1.29 is 0 Å². The van der Waals surface area contributed by atoms with Crippen molar-refractivity contribution in [3.05, 3.63) is 0 Å². The summed E-state index contributed by atoms with van der Waals surface area (Å²) in [6.45, 7) is 14.4. The summed E-state index contributed by atoms with van der Waals surface area (Å²) in [5.41, 5.74) is 0. The molecule has 1 aliphatic rings. The number of hydrogen-bond acceptors (Lipinski definition) is 2. The molecule has 0 saturated heterocycles. The van der Waals surface area contributed by atoms with Crippen molar-refractivity contribution in [1.82, 2.24) is 9.80 Å². The zero-order valence-electron chi connectivity index (χ0n) is 14.5. The van der Waals surface area contributed by atoms with E-state index in [-0.39, 0.29) is 0 Å². The van der Waals surface area contributed by atoms with Crippen molar-refractivity contribution in [2.24, 2.45) is 0 Å². The van der Waals surface area contributed by atoms with Gasteiger partial charge in [-0.2, -0.15) is 0 Å². The fourth-order valence-corrected chi connectivity index (χ4v) is 3.78. The lowest BCUT2D eigenvalue weighted by Crippen LogP contribution is -2.53. The lowest BCUT2D eigenvalue weighted by Gasteiger charge is -2.45. The second kappa shape index (κ2) is 10.6. The van der Waals surface area contributed by atoms with Crippen molar-refractivity contribution in [3.63, 3.8) is 0 Å². The highest BCUT2D eigenvalue weighted by Gasteiger charge is 2.32. The summed E-state index contributed by atoms with van der Waals surface area (Å²) in [5, 5.41) is 0. The molecular formula is C18H38N2. The molecule has 1 fully saturated rings. The van der Waals surface area contributed by atoms with Crippen LogP contribution in [-0.2, 0) is 0 Å². The summed E-state index contributed by atoms with van der Waals surface area (Å²) in [5.74, 6) is 0. The van der Waals surface area contributed by atoms with Gasteiger partial charge in [0.1, 0.15) is 0 Å². The lowest BCUT2D eigenvalue weighted by atomic mass is 9.87. The summed E-state index contributed by atoms with van der Waals surface area (Å²) in [6.07, 6.45) is 11.1. The largest absolute Gasteiger partial charge is 0.299 e. The van der Waals surface area contributed by atoms with Crippen LogP contribution < -0.4 is 0 Å². The van der Waals surface area contributed by atoms with Crippen LogP contribution in [0.5, 0.6) is 0 Å². The van der Waals surface area contributed by atoms with Gasteiger partial charge in [-0.05, 0) is 51.9 Å². The Morgan fingerprint density at radius 1 is 0.700 bits per heavy atom. The van der Waals surface area contributed by atoms with Crippen molar-refractivity contribution in [2.75, 3.05) is 26.2 Å². The molecule has 2 unspecified atom stereocenters. The molecule has 2 nitrogen and oxygen atoms in total. The standard InChI is InChI=1S/C18H38N2/c1-5-9-15-19(7-3)17-13-11-12-14-18(17)20(8-4)16-10-6-2/h17-18H,5-16H2,1-4H3. The zero-order valence-corrected chi connectivity index (χ0v) is 14.5. The van der Waals surface area contributed by atoms with E-state index < -0.39 is 0 Å². The monoisotopic (exact) mass is 282 g/mol. The van der Waals surface area contributed by atoms with E-state index in [1.165, 1.54) is 77.5 Å². The van der Waals surface area contributed by atoms with E-state index in [1.807, 2.05) is 0 Å². The second-order valence-corrected chi connectivity index (χ2v) is 6.38. The Hall–Kier alpha value is -0.0800. The van der Waals surface area contributed by atoms with E-state index in [0.717, 1.165) is 12.1 Å². The van der Waals surface area contributed by atoms with Gasteiger partial charge < -0.3 is 0 Å². The molecule has 1 rings (SSSR count). The average molecular weight is 283 g/mol. The molecule has 2 heteroatoms. The molecular weight excluding hydrogens is 244 g/mol. The summed E-state index contributed by atoms with van der Waals surface area (Å²) >= 11 is 0. The molecule has 0 aromatic rings. The van der Waals surface area contributed by atoms with Gasteiger partial charge in [-0.1, -0.05) is 53.4 Å². The molecule has 0 aliphatic heterocycles. The predicted octanol–water partition coefficient (Wildman–Crippen LogP) is 4.54. The number of likely N-dealkylation sites (N-methyl/N-ethyl adjacent to an activating group) is 2. The molecule has 120 valence electrons. The van der Waals surface area contributed by atoms with Gasteiger partial charge in [-0.3, -0.25) is 9.80 Å². The van der Waals surface area contributed by atoms with Gasteiger partial charge in [-0.15, -0.1) is 0 Å². The first-order chi connectivity index (χ1) is 9.78. The third kappa shape index (κ3) is 5.37. The topological polar surface area (TPSA) is 6.48 Å². The predicted molar refractivity (Wildman–Crippen MR) is 90.4 cm³/mol.